The van der Waals surface area contributed by atoms with Crippen LogP contribution in [0.5, 0.6) is 5.75 Å². The number of para-hydroxylation sites is 2. The number of fused-ring (bicyclic) bond motifs is 1. The van der Waals surface area contributed by atoms with Crippen LogP contribution in [0.25, 0.3) is 16.8 Å². The van der Waals surface area contributed by atoms with Crippen LogP contribution in [0.2, 0.25) is 5.02 Å². The number of carbonyl (C=O) groups excluding carboxylic acids is 2. The molecule has 1 unspecified atom stereocenters. The Labute approximate surface area is 206 Å². The highest BCUT2D eigenvalue weighted by Crippen LogP contribution is 2.44. The van der Waals surface area contributed by atoms with Gasteiger partial charge in [0.15, 0.2) is 0 Å². The minimum Gasteiger partial charge on any atom is -0.507 e. The zero-order valence-corrected chi connectivity index (χ0v) is 20.1. The van der Waals surface area contributed by atoms with Crippen LogP contribution in [0.15, 0.2) is 66.2 Å². The number of hydrogen-bond donors (Lipinski definition) is 2. The van der Waals surface area contributed by atoms with Crippen molar-refractivity contribution in [2.75, 3.05) is 12.0 Å². The number of imidazole rings is 1. The predicted octanol–water partition coefficient (Wildman–Crippen LogP) is 5.47. The Bertz CT molecular complexity index is 1510. The molecular weight excluding hydrogens is 466 g/mol. The lowest BCUT2D eigenvalue weighted by atomic mass is 9.94. The summed E-state index contributed by atoms with van der Waals surface area (Å²) in [7, 11) is 1.43. The number of methoxy groups -OCH3 is 1. The van der Waals surface area contributed by atoms with Crippen molar-refractivity contribution in [1.82, 2.24) is 9.97 Å². The molecule has 5 rings (SSSR count). The average molecular weight is 488 g/mol. The number of aliphatic hydroxyl groups is 1. The molecule has 176 valence electrons. The van der Waals surface area contributed by atoms with Crippen LogP contribution in [0.1, 0.15) is 28.3 Å². The van der Waals surface area contributed by atoms with Crippen LogP contribution in [-0.2, 0) is 9.59 Å². The fraction of sp³-hybridized carbons (Fsp3) is 0.148. The van der Waals surface area contributed by atoms with E-state index in [9.17, 15) is 14.7 Å². The van der Waals surface area contributed by atoms with E-state index in [1.807, 2.05) is 62.4 Å². The molecule has 1 atom stereocenters. The average Bonchev–Trinajstić information content (AvgIpc) is 3.36. The number of amides is 1. The van der Waals surface area contributed by atoms with Gasteiger partial charge in [0, 0.05) is 0 Å². The first-order valence-electron chi connectivity index (χ1n) is 11.0. The number of halogens is 1. The Hall–Kier alpha value is -4.10. The number of ketones is 1. The summed E-state index contributed by atoms with van der Waals surface area (Å²) in [6.45, 7) is 3.73. The number of aromatic nitrogens is 2. The molecule has 0 bridgehead atoms. The zero-order chi connectivity index (χ0) is 24.9. The van der Waals surface area contributed by atoms with E-state index in [0.717, 1.165) is 16.6 Å². The van der Waals surface area contributed by atoms with Crippen molar-refractivity contribution in [2.24, 2.45) is 0 Å². The van der Waals surface area contributed by atoms with E-state index >= 15 is 0 Å². The molecule has 7 nitrogen and oxygen atoms in total. The van der Waals surface area contributed by atoms with Gasteiger partial charge in [-0.2, -0.15) is 0 Å². The number of carbonyl (C=O) groups is 2. The van der Waals surface area contributed by atoms with Gasteiger partial charge in [-0.25, -0.2) is 4.98 Å². The maximum atomic E-state index is 13.4. The Balaban J connectivity index is 1.79. The lowest BCUT2D eigenvalue weighted by Gasteiger charge is -2.23. The number of anilines is 1. The van der Waals surface area contributed by atoms with Gasteiger partial charge in [0.1, 0.15) is 11.5 Å². The first-order valence-corrected chi connectivity index (χ1v) is 11.3. The molecule has 1 aliphatic heterocycles. The standard InChI is InChI=1S/C27H22ClN3O4/c1-14-7-6-8-16(11-14)22-21(23(32)17-12-15(2)13-18(28)25(17)35-3)24(33)26(34)31(22)27-29-19-9-4-5-10-20(19)30-27/h4-13,22,32H,1-3H3,(H,29,30)/b23-21+. The number of aromatic amines is 1. The molecule has 8 heteroatoms. The van der Waals surface area contributed by atoms with E-state index < -0.39 is 17.7 Å². The number of aliphatic hydroxyl groups excluding tert-OH is 1. The molecule has 0 aliphatic carbocycles. The summed E-state index contributed by atoms with van der Waals surface area (Å²) in [6, 6.07) is 17.2. The van der Waals surface area contributed by atoms with Gasteiger partial charge in [-0.15, -0.1) is 0 Å². The van der Waals surface area contributed by atoms with Crippen LogP contribution in [0.3, 0.4) is 0 Å². The van der Waals surface area contributed by atoms with Crippen LogP contribution >= 0.6 is 11.6 Å². The van der Waals surface area contributed by atoms with Crippen LogP contribution < -0.4 is 9.64 Å². The molecule has 0 saturated carbocycles. The lowest BCUT2D eigenvalue weighted by molar-refractivity contribution is -0.132. The molecule has 35 heavy (non-hydrogen) atoms. The van der Waals surface area contributed by atoms with Crippen molar-refractivity contribution >= 4 is 46.0 Å². The number of aryl methyl sites for hydroxylation is 2. The second-order valence-corrected chi connectivity index (χ2v) is 8.90. The summed E-state index contributed by atoms with van der Waals surface area (Å²) in [4.78, 5) is 35.8. The molecule has 2 heterocycles. The summed E-state index contributed by atoms with van der Waals surface area (Å²) in [5, 5.41) is 11.8. The highest BCUT2D eigenvalue weighted by Gasteiger charge is 2.48. The van der Waals surface area contributed by atoms with Gasteiger partial charge in [0.2, 0.25) is 5.95 Å². The van der Waals surface area contributed by atoms with Crippen LogP contribution in [0.4, 0.5) is 5.95 Å². The van der Waals surface area contributed by atoms with Crippen LogP contribution in [-0.4, -0.2) is 33.9 Å². The minimum atomic E-state index is -0.917. The molecule has 1 aliphatic rings. The molecule has 1 amide bonds. The quantitative estimate of drug-likeness (QED) is 0.226. The highest BCUT2D eigenvalue weighted by molar-refractivity contribution is 6.51. The van der Waals surface area contributed by atoms with E-state index in [1.54, 1.807) is 12.1 Å². The summed E-state index contributed by atoms with van der Waals surface area (Å²) in [6.07, 6.45) is 0. The van der Waals surface area contributed by atoms with E-state index in [-0.39, 0.29) is 33.6 Å². The molecule has 1 fully saturated rings. The Kier molecular flexibility index (Phi) is 5.57. The minimum absolute atomic E-state index is 0.0685. The molecule has 1 aromatic heterocycles. The number of Topliss-reactive ketones (excluding diaryl/α,β-unsaturated/α-hetero) is 1. The monoisotopic (exact) mass is 487 g/mol. The van der Waals surface area contributed by atoms with Crippen molar-refractivity contribution in [1.29, 1.82) is 0 Å². The first kappa shape index (κ1) is 22.7. The lowest BCUT2D eigenvalue weighted by Crippen LogP contribution is -2.30. The van der Waals surface area contributed by atoms with Crippen molar-refractivity contribution in [2.45, 2.75) is 19.9 Å². The van der Waals surface area contributed by atoms with Gasteiger partial charge >= 0.3 is 5.91 Å². The molecule has 2 N–H and O–H groups in total. The molecule has 3 aromatic carbocycles. The second kappa shape index (κ2) is 8.60. The predicted molar refractivity (Wildman–Crippen MR) is 135 cm³/mol. The van der Waals surface area contributed by atoms with Crippen molar-refractivity contribution in [3.05, 3.63) is 93.5 Å². The van der Waals surface area contributed by atoms with E-state index in [4.69, 9.17) is 16.3 Å². The summed E-state index contributed by atoms with van der Waals surface area (Å²) in [5.41, 5.74) is 3.90. The number of H-pyrrole nitrogens is 1. The summed E-state index contributed by atoms with van der Waals surface area (Å²) < 4.78 is 5.43. The van der Waals surface area contributed by atoms with Crippen molar-refractivity contribution < 1.29 is 19.4 Å². The third kappa shape index (κ3) is 3.74. The maximum absolute atomic E-state index is 13.4. The Morgan fingerprint density at radius 1 is 1.06 bits per heavy atom. The number of nitrogens with zero attached hydrogens (tertiary/aromatic N) is 2. The number of nitrogens with one attached hydrogen (secondary N) is 1. The van der Waals surface area contributed by atoms with Gasteiger partial charge in [0.25, 0.3) is 5.78 Å². The number of ether oxygens (including phenoxy) is 1. The maximum Gasteiger partial charge on any atom is 0.302 e. The van der Waals surface area contributed by atoms with Gasteiger partial charge in [0.05, 0.1) is 40.3 Å². The smallest absolute Gasteiger partial charge is 0.302 e. The van der Waals surface area contributed by atoms with Crippen LogP contribution in [0, 0.1) is 13.8 Å². The van der Waals surface area contributed by atoms with E-state index in [2.05, 4.69) is 9.97 Å². The van der Waals surface area contributed by atoms with E-state index in [0.29, 0.717) is 11.1 Å². The third-order valence-electron chi connectivity index (χ3n) is 6.05. The molecular formula is C27H22ClN3O4. The number of rotatable bonds is 4. The second-order valence-electron chi connectivity index (χ2n) is 8.49. The SMILES string of the molecule is COc1c(Cl)cc(C)cc1/C(O)=C1\C(=O)C(=O)N(c2nc3ccccc3[nH]2)C1c1cccc(C)c1. The molecule has 4 aromatic rings. The van der Waals surface area contributed by atoms with E-state index in [1.165, 1.54) is 12.0 Å². The molecule has 1 saturated heterocycles. The normalized spacial score (nSPS) is 17.4. The molecule has 0 radical (unpaired) electrons. The van der Waals surface area contributed by atoms with Crippen molar-refractivity contribution in [3.63, 3.8) is 0 Å². The van der Waals surface area contributed by atoms with Gasteiger partial charge in [-0.05, 0) is 49.2 Å². The zero-order valence-electron chi connectivity index (χ0n) is 19.3. The Morgan fingerprint density at radius 3 is 2.54 bits per heavy atom. The van der Waals surface area contributed by atoms with Crippen molar-refractivity contribution in [3.8, 4) is 5.75 Å². The summed E-state index contributed by atoms with van der Waals surface area (Å²) >= 11 is 6.36. The highest BCUT2D eigenvalue weighted by atomic mass is 35.5. The Morgan fingerprint density at radius 2 is 1.83 bits per heavy atom. The topological polar surface area (TPSA) is 95.5 Å². The fourth-order valence-corrected chi connectivity index (χ4v) is 4.87. The molecule has 0 spiro atoms. The summed E-state index contributed by atoms with van der Waals surface area (Å²) in [5.74, 6) is -1.55. The number of hydrogen-bond acceptors (Lipinski definition) is 5. The van der Waals surface area contributed by atoms with Gasteiger partial charge in [-0.1, -0.05) is 53.6 Å². The fourth-order valence-electron chi connectivity index (χ4n) is 4.52. The third-order valence-corrected chi connectivity index (χ3v) is 6.34. The number of benzene rings is 3. The first-order chi connectivity index (χ1) is 16.8. The largest absolute Gasteiger partial charge is 0.507 e. The van der Waals surface area contributed by atoms with Gasteiger partial charge in [-0.3, -0.25) is 14.5 Å². The van der Waals surface area contributed by atoms with Gasteiger partial charge < -0.3 is 14.8 Å².